The molecule has 7 heteroatoms. The number of imidazole rings is 1. The average Bonchev–Trinajstić information content (AvgIpc) is 3.49. The van der Waals surface area contributed by atoms with Crippen molar-refractivity contribution in [2.75, 3.05) is 25.0 Å². The minimum atomic E-state index is -0.252. The molecule has 0 radical (unpaired) electrons. The topological polar surface area (TPSA) is 76.5 Å². The number of carbonyl (C=O) groups is 2. The molecule has 0 spiro atoms. The van der Waals surface area contributed by atoms with Crippen molar-refractivity contribution in [3.05, 3.63) is 77.9 Å². The average molecular weight is 433 g/mol. The smallest absolute Gasteiger partial charge is 0.273 e. The normalized spacial score (nSPS) is 15.5. The Balaban J connectivity index is 1.55. The zero-order valence-electron chi connectivity index (χ0n) is 18.5. The van der Waals surface area contributed by atoms with Crippen molar-refractivity contribution in [2.24, 2.45) is 0 Å². The van der Waals surface area contributed by atoms with Gasteiger partial charge in [0.25, 0.3) is 5.91 Å². The molecule has 2 amide bonds. The van der Waals surface area contributed by atoms with Crippen LogP contribution < -0.4 is 5.32 Å². The predicted molar refractivity (Wildman–Crippen MR) is 123 cm³/mol. The van der Waals surface area contributed by atoms with Crippen LogP contribution in [0.15, 0.2) is 61.1 Å². The number of anilines is 1. The van der Waals surface area contributed by atoms with E-state index in [1.54, 1.807) is 22.0 Å². The number of benzene rings is 2. The van der Waals surface area contributed by atoms with Gasteiger partial charge in [-0.3, -0.25) is 14.2 Å². The van der Waals surface area contributed by atoms with E-state index in [2.05, 4.69) is 10.3 Å². The molecule has 2 aromatic carbocycles. The van der Waals surface area contributed by atoms with Crippen molar-refractivity contribution in [2.45, 2.75) is 32.8 Å². The van der Waals surface area contributed by atoms with E-state index < -0.39 is 0 Å². The fourth-order valence-electron chi connectivity index (χ4n) is 3.91. The Hall–Kier alpha value is -3.45. The first-order valence-corrected chi connectivity index (χ1v) is 10.9. The highest BCUT2D eigenvalue weighted by atomic mass is 16.5. The van der Waals surface area contributed by atoms with Crippen LogP contribution in [-0.2, 0) is 9.53 Å². The molecule has 1 aromatic heterocycles. The molecule has 3 aromatic rings. The Morgan fingerprint density at radius 3 is 2.72 bits per heavy atom. The summed E-state index contributed by atoms with van der Waals surface area (Å²) in [6.45, 7) is 4.95. The summed E-state index contributed by atoms with van der Waals surface area (Å²) in [7, 11) is 0. The summed E-state index contributed by atoms with van der Waals surface area (Å²) in [4.78, 5) is 32.2. The van der Waals surface area contributed by atoms with E-state index in [9.17, 15) is 9.59 Å². The molecule has 1 atom stereocenters. The van der Waals surface area contributed by atoms with Crippen molar-refractivity contribution in [1.82, 2.24) is 14.5 Å². The lowest BCUT2D eigenvalue weighted by Gasteiger charge is -2.25. The maximum absolute atomic E-state index is 13.5. The van der Waals surface area contributed by atoms with Crippen LogP contribution in [-0.4, -0.2) is 52.1 Å². The third-order valence-electron chi connectivity index (χ3n) is 5.84. The molecular formula is C25H28N4O3. The van der Waals surface area contributed by atoms with E-state index in [0.29, 0.717) is 18.8 Å². The minimum Gasteiger partial charge on any atom is -0.376 e. The summed E-state index contributed by atoms with van der Waals surface area (Å²) < 4.78 is 7.50. The van der Waals surface area contributed by atoms with Crippen LogP contribution in [0.3, 0.4) is 0 Å². The number of nitrogens with zero attached hydrogens (tertiary/aromatic N) is 3. The van der Waals surface area contributed by atoms with Gasteiger partial charge in [0.2, 0.25) is 5.91 Å². The van der Waals surface area contributed by atoms with Crippen LogP contribution in [0, 0.1) is 13.8 Å². The number of rotatable bonds is 7. The fraction of sp³-hybridized carbons (Fsp3) is 0.320. The van der Waals surface area contributed by atoms with Crippen LogP contribution in [0.25, 0.3) is 5.69 Å². The second-order valence-electron chi connectivity index (χ2n) is 8.10. The summed E-state index contributed by atoms with van der Waals surface area (Å²) in [6.07, 6.45) is 4.92. The predicted octanol–water partition coefficient (Wildman–Crippen LogP) is 3.75. The zero-order valence-corrected chi connectivity index (χ0v) is 18.5. The molecular weight excluding hydrogens is 404 g/mol. The summed E-state index contributed by atoms with van der Waals surface area (Å²) in [5, 5.41) is 2.96. The van der Waals surface area contributed by atoms with E-state index in [1.807, 2.05) is 62.4 Å². The highest BCUT2D eigenvalue weighted by Crippen LogP contribution is 2.20. The van der Waals surface area contributed by atoms with Gasteiger partial charge in [-0.2, -0.15) is 0 Å². The van der Waals surface area contributed by atoms with E-state index in [0.717, 1.165) is 35.3 Å². The first-order valence-electron chi connectivity index (χ1n) is 10.9. The number of ether oxygens (including phenoxy) is 1. The van der Waals surface area contributed by atoms with Gasteiger partial charge in [-0.15, -0.1) is 0 Å². The molecule has 1 aliphatic rings. The van der Waals surface area contributed by atoms with E-state index in [-0.39, 0.29) is 24.5 Å². The van der Waals surface area contributed by atoms with Crippen molar-refractivity contribution in [3.63, 3.8) is 0 Å². The van der Waals surface area contributed by atoms with Crippen LogP contribution in [0.5, 0.6) is 0 Å². The van der Waals surface area contributed by atoms with Crippen molar-refractivity contribution in [3.8, 4) is 5.69 Å². The first kappa shape index (κ1) is 21.8. The zero-order chi connectivity index (χ0) is 22.5. The monoisotopic (exact) mass is 432 g/mol. The number of hydrogen-bond acceptors (Lipinski definition) is 4. The van der Waals surface area contributed by atoms with Gasteiger partial charge in [-0.1, -0.05) is 30.3 Å². The van der Waals surface area contributed by atoms with Crippen molar-refractivity contribution < 1.29 is 14.3 Å². The SMILES string of the molecule is Cc1cccc(NC(=O)CN(C[C@@H]2CCCO2)C(=O)c2cncn2-c2ccccc2)c1C. The third kappa shape index (κ3) is 4.89. The fourth-order valence-corrected chi connectivity index (χ4v) is 3.91. The summed E-state index contributed by atoms with van der Waals surface area (Å²) in [6, 6.07) is 15.3. The quantitative estimate of drug-likeness (QED) is 0.617. The lowest BCUT2D eigenvalue weighted by atomic mass is 10.1. The number of para-hydroxylation sites is 1. The van der Waals surface area contributed by atoms with Gasteiger partial charge in [-0.25, -0.2) is 4.98 Å². The highest BCUT2D eigenvalue weighted by Gasteiger charge is 2.27. The molecule has 1 fully saturated rings. The molecule has 32 heavy (non-hydrogen) atoms. The Bertz CT molecular complexity index is 1090. The van der Waals surface area contributed by atoms with Gasteiger partial charge in [0.15, 0.2) is 0 Å². The number of nitrogens with one attached hydrogen (secondary N) is 1. The molecule has 0 aliphatic carbocycles. The van der Waals surface area contributed by atoms with E-state index >= 15 is 0 Å². The minimum absolute atomic E-state index is 0.0634. The Morgan fingerprint density at radius 1 is 1.16 bits per heavy atom. The molecule has 7 nitrogen and oxygen atoms in total. The number of hydrogen-bond donors (Lipinski definition) is 1. The number of amides is 2. The lowest BCUT2D eigenvalue weighted by molar-refractivity contribution is -0.117. The Morgan fingerprint density at radius 2 is 1.97 bits per heavy atom. The van der Waals surface area contributed by atoms with Crippen molar-refractivity contribution in [1.29, 1.82) is 0 Å². The molecule has 2 heterocycles. The second kappa shape index (κ2) is 9.78. The lowest BCUT2D eigenvalue weighted by Crippen LogP contribution is -2.43. The van der Waals surface area contributed by atoms with Crippen LogP contribution in [0.4, 0.5) is 5.69 Å². The van der Waals surface area contributed by atoms with Crippen LogP contribution >= 0.6 is 0 Å². The highest BCUT2D eigenvalue weighted by molar-refractivity contribution is 5.99. The molecule has 0 saturated carbocycles. The maximum Gasteiger partial charge on any atom is 0.273 e. The van der Waals surface area contributed by atoms with E-state index in [1.165, 1.54) is 0 Å². The van der Waals surface area contributed by atoms with Gasteiger partial charge in [0, 0.05) is 24.5 Å². The molecule has 4 rings (SSSR count). The third-order valence-corrected chi connectivity index (χ3v) is 5.84. The number of carbonyl (C=O) groups excluding carboxylic acids is 2. The van der Waals surface area contributed by atoms with Crippen LogP contribution in [0.2, 0.25) is 0 Å². The molecule has 1 aliphatic heterocycles. The van der Waals surface area contributed by atoms with Crippen LogP contribution in [0.1, 0.15) is 34.5 Å². The molecule has 1 N–H and O–H groups in total. The number of aromatic nitrogens is 2. The molecule has 0 unspecified atom stereocenters. The summed E-state index contributed by atoms with van der Waals surface area (Å²) >= 11 is 0. The van der Waals surface area contributed by atoms with Gasteiger partial charge >= 0.3 is 0 Å². The standard InChI is InChI=1S/C25H28N4O3/c1-18-8-6-12-22(19(18)2)27-24(30)16-28(15-21-11-7-13-32-21)25(31)23-14-26-17-29(23)20-9-4-3-5-10-20/h3-6,8-10,12,14,17,21H,7,11,13,15-16H2,1-2H3,(H,27,30)/t21-/m0/s1. The molecule has 1 saturated heterocycles. The Kier molecular flexibility index (Phi) is 6.66. The van der Waals surface area contributed by atoms with E-state index in [4.69, 9.17) is 4.74 Å². The van der Waals surface area contributed by atoms with Gasteiger partial charge in [-0.05, 0) is 56.0 Å². The number of aryl methyl sites for hydroxylation is 1. The van der Waals surface area contributed by atoms with Crippen molar-refractivity contribution >= 4 is 17.5 Å². The summed E-state index contributed by atoms with van der Waals surface area (Å²) in [5.74, 6) is -0.492. The van der Waals surface area contributed by atoms with Gasteiger partial charge in [0.1, 0.15) is 12.2 Å². The maximum atomic E-state index is 13.5. The van der Waals surface area contributed by atoms with Gasteiger partial charge in [0.05, 0.1) is 18.6 Å². The molecule has 166 valence electrons. The summed E-state index contributed by atoms with van der Waals surface area (Å²) in [5.41, 5.74) is 4.12. The largest absolute Gasteiger partial charge is 0.376 e. The molecule has 0 bridgehead atoms. The Labute approximate surface area is 188 Å². The van der Waals surface area contributed by atoms with Gasteiger partial charge < -0.3 is 15.0 Å². The second-order valence-corrected chi connectivity index (χ2v) is 8.10. The first-order chi connectivity index (χ1) is 15.5.